The molecule has 0 aliphatic carbocycles. The Morgan fingerprint density at radius 1 is 1.00 bits per heavy atom. The van der Waals surface area contributed by atoms with Crippen LogP contribution in [0.25, 0.3) is 0 Å². The minimum Gasteiger partial charge on any atom is -0.493 e. The number of halogens is 1. The minimum atomic E-state index is -2.80. The molecular weight excluding hydrogens is 664 g/mol. The fourth-order valence-electron chi connectivity index (χ4n) is 5.23. The molecule has 4 amide bonds. The van der Waals surface area contributed by atoms with E-state index in [1.165, 1.54) is 12.5 Å². The highest BCUT2D eigenvalue weighted by Crippen LogP contribution is 2.43. The molecule has 2 aromatic carbocycles. The van der Waals surface area contributed by atoms with E-state index in [0.29, 0.717) is 28.8 Å². The Hall–Kier alpha value is -3.41. The van der Waals surface area contributed by atoms with E-state index in [1.54, 1.807) is 44.2 Å². The quantitative estimate of drug-likeness (QED) is 0.0738. The third-order valence-corrected chi connectivity index (χ3v) is 11.1. The molecule has 0 saturated carbocycles. The predicted molar refractivity (Wildman–Crippen MR) is 196 cm³/mol. The molecule has 0 aromatic heterocycles. The number of ether oxygens (including phenoxy) is 1. The number of anilines is 1. The van der Waals surface area contributed by atoms with Gasteiger partial charge in [-0.25, -0.2) is 4.90 Å². The summed E-state index contributed by atoms with van der Waals surface area (Å²) in [6, 6.07) is 13.2. The highest BCUT2D eigenvalue weighted by Gasteiger charge is 2.64. The van der Waals surface area contributed by atoms with E-state index in [9.17, 15) is 24.0 Å². The molecule has 0 bridgehead atoms. The average Bonchev–Trinajstić information content (AvgIpc) is 3.28. The summed E-state index contributed by atoms with van der Waals surface area (Å²) in [5.41, 5.74) is 8.63. The Morgan fingerprint density at radius 2 is 1.61 bits per heavy atom. The van der Waals surface area contributed by atoms with Crippen LogP contribution in [0.4, 0.5) is 10.5 Å². The number of nitrogens with two attached hydrogens (primary N) is 1. The lowest BCUT2D eigenvalue weighted by molar-refractivity contribution is -0.145. The van der Waals surface area contributed by atoms with Crippen LogP contribution in [0.5, 0.6) is 5.75 Å². The third kappa shape index (κ3) is 8.67. The van der Waals surface area contributed by atoms with E-state index in [4.69, 9.17) is 22.1 Å². The van der Waals surface area contributed by atoms with Gasteiger partial charge < -0.3 is 21.1 Å². The van der Waals surface area contributed by atoms with Crippen LogP contribution in [-0.4, -0.2) is 56.2 Å². The highest BCUT2D eigenvalue weighted by atomic mass is 35.5. The molecule has 1 fully saturated rings. The summed E-state index contributed by atoms with van der Waals surface area (Å²) in [6.07, 6.45) is 2.22. The number of nitrogens with one attached hydrogen (secondary N) is 2. The monoisotopic (exact) mass is 714 g/mol. The van der Waals surface area contributed by atoms with E-state index >= 15 is 0 Å². The largest absolute Gasteiger partial charge is 0.493 e. The molecule has 3 rings (SSSR count). The van der Waals surface area contributed by atoms with Gasteiger partial charge in [0.2, 0.25) is 11.7 Å². The van der Waals surface area contributed by atoms with Gasteiger partial charge in [-0.2, -0.15) is 0 Å². The van der Waals surface area contributed by atoms with E-state index in [2.05, 4.69) is 64.3 Å². The normalized spacial score (nSPS) is 18.7. The van der Waals surface area contributed by atoms with Gasteiger partial charge in [-0.3, -0.25) is 24.0 Å². The highest BCUT2D eigenvalue weighted by molar-refractivity contribution is 8.16. The average molecular weight is 715 g/mol. The molecule has 3 atom stereocenters. The molecule has 2 aromatic rings. The van der Waals surface area contributed by atoms with Crippen molar-refractivity contribution in [3.8, 4) is 5.75 Å². The number of amides is 4. The number of para-hydroxylation sites is 1. The number of hydrogen-bond acceptors (Lipinski definition) is 8. The van der Waals surface area contributed by atoms with Crippen molar-refractivity contribution in [2.24, 2.45) is 11.7 Å². The number of alkyl halides is 1. The smallest absolute Gasteiger partial charge is 0.293 e. The van der Waals surface area contributed by atoms with E-state index < -0.39 is 50.6 Å². The van der Waals surface area contributed by atoms with Crippen LogP contribution in [0.15, 0.2) is 48.5 Å². The second-order valence-corrected chi connectivity index (χ2v) is 16.2. The van der Waals surface area contributed by atoms with Crippen LogP contribution in [0, 0.1) is 5.92 Å². The molecule has 1 aliphatic rings. The SMILES string of the molecule is CCC(C)(C)c1ccc(OCCCC(=O)NC2(C)SC(=O)N(C(Cl)(C(=O)Nc3ccccc3)C(=O)[C@@H](N)C(C)C)C2=O)c(C(C)(C)CC)c1. The fourth-order valence-corrected chi connectivity index (χ4v) is 6.61. The first-order valence-electron chi connectivity index (χ1n) is 16.8. The van der Waals surface area contributed by atoms with Gasteiger partial charge in [-0.1, -0.05) is 97.3 Å². The molecule has 1 saturated heterocycles. The molecule has 0 radical (unpaired) electrons. The van der Waals surface area contributed by atoms with E-state index in [0.717, 1.165) is 24.2 Å². The summed E-state index contributed by atoms with van der Waals surface area (Å²) in [5.74, 6) is -3.38. The lowest BCUT2D eigenvalue weighted by atomic mass is 9.76. The van der Waals surface area contributed by atoms with Crippen molar-refractivity contribution in [1.82, 2.24) is 10.2 Å². The van der Waals surface area contributed by atoms with Crippen molar-refractivity contribution in [1.29, 1.82) is 0 Å². The predicted octanol–water partition coefficient (Wildman–Crippen LogP) is 6.87. The number of thioether (sulfide) groups is 1. The maximum atomic E-state index is 13.9. The Kier molecular flexibility index (Phi) is 12.8. The molecule has 10 nitrogen and oxygen atoms in total. The molecule has 4 N–H and O–H groups in total. The summed E-state index contributed by atoms with van der Waals surface area (Å²) in [7, 11) is 0. The van der Waals surface area contributed by atoms with Gasteiger partial charge in [0.25, 0.3) is 22.1 Å². The molecule has 12 heteroatoms. The number of carbonyl (C=O) groups is 5. The maximum Gasteiger partial charge on any atom is 0.293 e. The number of Topliss-reactive ketones (excluding diaryl/α,β-unsaturated/α-hetero) is 1. The topological polar surface area (TPSA) is 148 Å². The van der Waals surface area contributed by atoms with Gasteiger partial charge in [-0.15, -0.1) is 0 Å². The molecular formula is C37H51ClN4O6S. The zero-order valence-corrected chi connectivity index (χ0v) is 31.6. The third-order valence-electron chi connectivity index (χ3n) is 9.52. The molecule has 1 heterocycles. The van der Waals surface area contributed by atoms with Crippen molar-refractivity contribution in [2.75, 3.05) is 11.9 Å². The second kappa shape index (κ2) is 15.6. The van der Waals surface area contributed by atoms with Crippen LogP contribution in [0.3, 0.4) is 0 Å². The first kappa shape index (κ1) is 40.0. The van der Waals surface area contributed by atoms with Gasteiger partial charge in [0, 0.05) is 17.7 Å². The Labute approximate surface area is 299 Å². The van der Waals surface area contributed by atoms with Crippen LogP contribution < -0.4 is 21.1 Å². The standard InChI is InChI=1S/C37H51ClN4O6S/c1-10-34(5,6)24-19-20-27(26(22-24)35(7,8)11-2)48-21-15-18-28(43)41-36(9)32(46)42(33(47)49-36)37(38,30(44)29(39)23(3)4)31(45)40-25-16-13-12-14-17-25/h12-14,16-17,19-20,22-23,29H,10-11,15,18,21,39H2,1-9H3,(H,40,45)(H,41,43)/t29-,36?,37?/m0/s1. The maximum absolute atomic E-state index is 13.9. The zero-order chi connectivity index (χ0) is 36.9. The molecule has 0 spiro atoms. The van der Waals surface area contributed by atoms with E-state index in [1.807, 2.05) is 6.07 Å². The second-order valence-electron chi connectivity index (χ2n) is 14.3. The van der Waals surface area contributed by atoms with Gasteiger partial charge in [0.05, 0.1) is 12.6 Å². The summed E-state index contributed by atoms with van der Waals surface area (Å²) < 4.78 is 6.19. The number of rotatable bonds is 16. The fraction of sp³-hybridized carbons (Fsp3) is 0.541. The molecule has 2 unspecified atom stereocenters. The van der Waals surface area contributed by atoms with Gasteiger partial charge in [-0.05, 0) is 78.5 Å². The molecule has 1 aliphatic heterocycles. The summed E-state index contributed by atoms with van der Waals surface area (Å²) in [4.78, 5) is 63.4. The van der Waals surface area contributed by atoms with Gasteiger partial charge >= 0.3 is 0 Å². The summed E-state index contributed by atoms with van der Waals surface area (Å²) in [5, 5.41) is 4.16. The summed E-state index contributed by atoms with van der Waals surface area (Å²) in [6.45, 7) is 18.0. The van der Waals surface area contributed by atoms with Gasteiger partial charge in [0.15, 0.2) is 4.87 Å². The zero-order valence-electron chi connectivity index (χ0n) is 30.1. The first-order chi connectivity index (χ1) is 22.7. The molecule has 49 heavy (non-hydrogen) atoms. The van der Waals surface area contributed by atoms with Crippen LogP contribution in [-0.2, 0) is 30.0 Å². The number of carbonyl (C=O) groups excluding carboxylic acids is 5. The van der Waals surface area contributed by atoms with E-state index in [-0.39, 0.29) is 23.9 Å². The molecule has 268 valence electrons. The number of ketones is 1. The van der Waals surface area contributed by atoms with Gasteiger partial charge in [0.1, 0.15) is 5.75 Å². The lowest BCUT2D eigenvalue weighted by Gasteiger charge is -2.35. The Balaban J connectivity index is 1.75. The van der Waals surface area contributed by atoms with Crippen molar-refractivity contribution in [3.05, 3.63) is 59.7 Å². The Morgan fingerprint density at radius 3 is 2.18 bits per heavy atom. The number of hydrogen-bond donors (Lipinski definition) is 3. The first-order valence-corrected chi connectivity index (χ1v) is 18.0. The minimum absolute atomic E-state index is 0.0112. The summed E-state index contributed by atoms with van der Waals surface area (Å²) >= 11 is 7.21. The van der Waals surface area contributed by atoms with Crippen molar-refractivity contribution < 1.29 is 28.7 Å². The van der Waals surface area contributed by atoms with Crippen LogP contribution in [0.1, 0.15) is 99.1 Å². The van der Waals surface area contributed by atoms with Crippen LogP contribution >= 0.6 is 23.4 Å². The Bertz CT molecular complexity index is 1570. The van der Waals surface area contributed by atoms with Crippen LogP contribution in [0.2, 0.25) is 0 Å². The van der Waals surface area contributed by atoms with Crippen molar-refractivity contribution in [3.63, 3.8) is 0 Å². The van der Waals surface area contributed by atoms with Crippen molar-refractivity contribution in [2.45, 2.75) is 115 Å². The number of imide groups is 1. The van der Waals surface area contributed by atoms with Crippen molar-refractivity contribution >= 4 is 57.8 Å². The lowest BCUT2D eigenvalue weighted by Crippen LogP contribution is -2.66. The number of benzene rings is 2. The number of nitrogens with zero attached hydrogens (tertiary/aromatic N) is 1.